The predicted octanol–water partition coefficient (Wildman–Crippen LogP) is 5.92. The monoisotopic (exact) mass is 499 g/mol. The van der Waals surface area contributed by atoms with Crippen LogP contribution in [0.5, 0.6) is 0 Å². The van der Waals surface area contributed by atoms with Gasteiger partial charge in [-0.1, -0.05) is 31.2 Å². The van der Waals surface area contributed by atoms with Crippen molar-refractivity contribution in [3.8, 4) is 5.69 Å². The molecule has 0 radical (unpaired) electrons. The number of amides is 2. The van der Waals surface area contributed by atoms with Crippen LogP contribution < -0.4 is 10.9 Å². The number of hydrogen-bond donors (Lipinski definition) is 1. The van der Waals surface area contributed by atoms with Gasteiger partial charge in [0.1, 0.15) is 5.82 Å². The summed E-state index contributed by atoms with van der Waals surface area (Å²) in [6, 6.07) is 17.8. The smallest absolute Gasteiger partial charge is 0.315 e. The largest absolute Gasteiger partial charge is 0.322 e. The summed E-state index contributed by atoms with van der Waals surface area (Å²) in [6.45, 7) is 8.13. The van der Waals surface area contributed by atoms with Gasteiger partial charge in [0.2, 0.25) is 0 Å². The van der Waals surface area contributed by atoms with Crippen molar-refractivity contribution in [3.05, 3.63) is 104 Å². The molecule has 0 aliphatic carbocycles. The summed E-state index contributed by atoms with van der Waals surface area (Å²) in [7, 11) is 0. The highest BCUT2D eigenvalue weighted by atomic mass is 16.6. The van der Waals surface area contributed by atoms with Gasteiger partial charge in [-0.25, -0.2) is 9.78 Å². The lowest BCUT2D eigenvalue weighted by molar-refractivity contribution is -0.384. The SMILES string of the molecule is CCCN(C(=O)Nc1ccc([N+](=O)[O-])cc1)C(C)c1nc2ccccc2c(=O)n1-c1cc(C)ccc1C. The summed E-state index contributed by atoms with van der Waals surface area (Å²) in [4.78, 5) is 44.2. The van der Waals surface area contributed by atoms with Gasteiger partial charge in [-0.05, 0) is 68.7 Å². The Kier molecular flexibility index (Phi) is 7.33. The molecule has 1 atom stereocenters. The highest BCUT2D eigenvalue weighted by Crippen LogP contribution is 2.26. The van der Waals surface area contributed by atoms with E-state index in [9.17, 15) is 19.7 Å². The number of aromatic nitrogens is 2. The summed E-state index contributed by atoms with van der Waals surface area (Å²) >= 11 is 0. The molecule has 2 amide bonds. The Labute approximate surface area is 214 Å². The van der Waals surface area contributed by atoms with Crippen LogP contribution in [0.4, 0.5) is 16.2 Å². The zero-order valence-corrected chi connectivity index (χ0v) is 21.3. The van der Waals surface area contributed by atoms with Crippen molar-refractivity contribution in [1.82, 2.24) is 14.5 Å². The number of carbonyl (C=O) groups is 1. The van der Waals surface area contributed by atoms with Crippen LogP contribution in [0.1, 0.15) is 43.3 Å². The molecule has 0 saturated heterocycles. The number of benzene rings is 3. The lowest BCUT2D eigenvalue weighted by atomic mass is 10.1. The third-order valence-electron chi connectivity index (χ3n) is 6.30. The Bertz CT molecular complexity index is 1530. The van der Waals surface area contributed by atoms with Gasteiger partial charge in [0.05, 0.1) is 27.6 Å². The number of hydrogen-bond acceptors (Lipinski definition) is 5. The van der Waals surface area contributed by atoms with Crippen LogP contribution in [0.3, 0.4) is 0 Å². The second-order valence-electron chi connectivity index (χ2n) is 9.02. The Morgan fingerprint density at radius 2 is 1.81 bits per heavy atom. The number of nitrogens with one attached hydrogen (secondary N) is 1. The van der Waals surface area contributed by atoms with E-state index in [4.69, 9.17) is 4.98 Å². The molecule has 9 heteroatoms. The number of aryl methyl sites for hydroxylation is 2. The number of nitro benzene ring substituents is 1. The fourth-order valence-electron chi connectivity index (χ4n) is 4.34. The van der Waals surface area contributed by atoms with Crippen molar-refractivity contribution < 1.29 is 9.72 Å². The highest BCUT2D eigenvalue weighted by Gasteiger charge is 2.27. The standard InChI is InChI=1S/C28H29N5O4/c1-5-16-31(28(35)29-21-12-14-22(15-13-21)33(36)37)20(4)26-30-24-9-7-6-8-23(24)27(34)32(26)25-17-18(2)10-11-19(25)3/h6-15,17,20H,5,16H2,1-4H3,(H,29,35). The number of rotatable bonds is 7. The maximum atomic E-state index is 13.8. The van der Waals surface area contributed by atoms with Gasteiger partial charge in [0.25, 0.3) is 11.2 Å². The minimum absolute atomic E-state index is 0.0605. The number of carbonyl (C=O) groups excluding carboxylic acids is 1. The van der Waals surface area contributed by atoms with Crippen molar-refractivity contribution in [1.29, 1.82) is 0 Å². The predicted molar refractivity (Wildman–Crippen MR) is 144 cm³/mol. The van der Waals surface area contributed by atoms with E-state index in [0.29, 0.717) is 35.4 Å². The number of urea groups is 1. The van der Waals surface area contributed by atoms with E-state index in [2.05, 4.69) is 5.32 Å². The van der Waals surface area contributed by atoms with E-state index >= 15 is 0 Å². The van der Waals surface area contributed by atoms with Gasteiger partial charge in [-0.2, -0.15) is 0 Å². The van der Waals surface area contributed by atoms with Crippen molar-refractivity contribution >= 4 is 28.3 Å². The number of fused-ring (bicyclic) bond motifs is 1. The summed E-state index contributed by atoms with van der Waals surface area (Å²) in [5, 5.41) is 14.3. The van der Waals surface area contributed by atoms with Gasteiger partial charge in [-0.15, -0.1) is 0 Å². The average Bonchev–Trinajstić information content (AvgIpc) is 2.88. The van der Waals surface area contributed by atoms with Crippen LogP contribution in [0.15, 0.2) is 71.5 Å². The molecule has 0 bridgehead atoms. The first-order chi connectivity index (χ1) is 17.7. The third-order valence-corrected chi connectivity index (χ3v) is 6.30. The molecule has 0 aliphatic rings. The first-order valence-corrected chi connectivity index (χ1v) is 12.1. The fraction of sp³-hybridized carbons (Fsp3) is 0.250. The van der Waals surface area contributed by atoms with Crippen molar-refractivity contribution in [2.45, 2.75) is 40.2 Å². The quantitative estimate of drug-likeness (QED) is 0.251. The molecule has 190 valence electrons. The summed E-state index contributed by atoms with van der Waals surface area (Å²) in [5.74, 6) is 0.449. The molecule has 9 nitrogen and oxygen atoms in total. The number of nitrogens with zero attached hydrogens (tertiary/aromatic N) is 4. The van der Waals surface area contributed by atoms with Crippen LogP contribution >= 0.6 is 0 Å². The molecule has 37 heavy (non-hydrogen) atoms. The molecular weight excluding hydrogens is 470 g/mol. The second-order valence-corrected chi connectivity index (χ2v) is 9.02. The van der Waals surface area contributed by atoms with Crippen LogP contribution in [0.2, 0.25) is 0 Å². The first kappa shape index (κ1) is 25.6. The number of non-ortho nitro benzene ring substituents is 1. The summed E-state index contributed by atoms with van der Waals surface area (Å²) in [5.41, 5.74) is 3.36. The fourth-order valence-corrected chi connectivity index (χ4v) is 4.34. The molecule has 0 fully saturated rings. The van der Waals surface area contributed by atoms with Gasteiger partial charge in [0, 0.05) is 24.4 Å². The lowest BCUT2D eigenvalue weighted by Gasteiger charge is -2.30. The van der Waals surface area contributed by atoms with E-state index in [1.807, 2.05) is 58.0 Å². The number of anilines is 1. The van der Waals surface area contributed by atoms with Crippen LogP contribution in [0, 0.1) is 24.0 Å². The Balaban J connectivity index is 1.81. The van der Waals surface area contributed by atoms with Crippen molar-refractivity contribution in [2.24, 2.45) is 0 Å². The van der Waals surface area contributed by atoms with Crippen LogP contribution in [-0.2, 0) is 0 Å². The molecule has 3 aromatic carbocycles. The first-order valence-electron chi connectivity index (χ1n) is 12.1. The zero-order chi connectivity index (χ0) is 26.7. The summed E-state index contributed by atoms with van der Waals surface area (Å²) in [6.07, 6.45) is 0.680. The molecule has 0 aliphatic heterocycles. The molecular formula is C28H29N5O4. The molecule has 1 heterocycles. The number of para-hydroxylation sites is 1. The maximum absolute atomic E-state index is 13.8. The molecule has 0 saturated carbocycles. The molecule has 0 spiro atoms. The van der Waals surface area contributed by atoms with E-state index in [-0.39, 0.29) is 11.2 Å². The van der Waals surface area contributed by atoms with E-state index in [1.165, 1.54) is 24.3 Å². The van der Waals surface area contributed by atoms with E-state index < -0.39 is 17.0 Å². The Hall–Kier alpha value is -4.53. The molecule has 1 N–H and O–H groups in total. The Morgan fingerprint density at radius 1 is 1.11 bits per heavy atom. The second kappa shape index (κ2) is 10.6. The molecule has 4 aromatic rings. The van der Waals surface area contributed by atoms with Crippen LogP contribution in [0.25, 0.3) is 16.6 Å². The van der Waals surface area contributed by atoms with E-state index in [1.54, 1.807) is 21.6 Å². The lowest BCUT2D eigenvalue weighted by Crippen LogP contribution is -2.40. The molecule has 1 aromatic heterocycles. The minimum atomic E-state index is -0.560. The van der Waals surface area contributed by atoms with Gasteiger partial charge in [-0.3, -0.25) is 19.5 Å². The summed E-state index contributed by atoms with van der Waals surface area (Å²) < 4.78 is 1.61. The topological polar surface area (TPSA) is 110 Å². The normalized spacial score (nSPS) is 11.8. The van der Waals surface area contributed by atoms with Crippen LogP contribution in [-0.4, -0.2) is 32.0 Å². The maximum Gasteiger partial charge on any atom is 0.322 e. The zero-order valence-electron chi connectivity index (χ0n) is 21.3. The third kappa shape index (κ3) is 5.20. The Morgan fingerprint density at radius 3 is 2.49 bits per heavy atom. The molecule has 4 rings (SSSR count). The average molecular weight is 500 g/mol. The van der Waals surface area contributed by atoms with Gasteiger partial charge >= 0.3 is 6.03 Å². The van der Waals surface area contributed by atoms with Gasteiger partial charge in [0.15, 0.2) is 0 Å². The highest BCUT2D eigenvalue weighted by molar-refractivity contribution is 5.89. The minimum Gasteiger partial charge on any atom is -0.315 e. The van der Waals surface area contributed by atoms with Crippen molar-refractivity contribution in [3.63, 3.8) is 0 Å². The van der Waals surface area contributed by atoms with E-state index in [0.717, 1.165) is 16.8 Å². The number of nitro groups is 1. The van der Waals surface area contributed by atoms with Crippen molar-refractivity contribution in [2.75, 3.05) is 11.9 Å². The molecule has 1 unspecified atom stereocenters. The van der Waals surface area contributed by atoms with Gasteiger partial charge < -0.3 is 10.2 Å².